The molecule has 1 heterocycles. The maximum absolute atomic E-state index is 14.4. The van der Waals surface area contributed by atoms with E-state index in [0.717, 1.165) is 54.4 Å². The first kappa shape index (κ1) is 52.2. The van der Waals surface area contributed by atoms with Crippen LogP contribution in [0.5, 0.6) is 5.75 Å². The number of hydrogen-bond donors (Lipinski definition) is 7. The average molecular weight is 928 g/mol. The van der Waals surface area contributed by atoms with E-state index < -0.39 is 47.9 Å². The van der Waals surface area contributed by atoms with Crippen LogP contribution in [0.4, 0.5) is 0 Å². The van der Waals surface area contributed by atoms with Crippen LogP contribution in [0, 0.1) is 20.8 Å². The number of phenolic OH excluding ortho intramolecular Hbond substituents is 1. The first-order valence-corrected chi connectivity index (χ1v) is 23.8. The van der Waals surface area contributed by atoms with Crippen molar-refractivity contribution < 1.29 is 34.2 Å². The first-order valence-electron chi connectivity index (χ1n) is 23.8. The standard InChI is InChI=1S/C54H69N7O7/c1-5-6-7-8-15-23-49(63)56-28-17-16-22-46(58-51(64)45(55)32-42-34-61(35-57-42)50(40-18-11-9-12-19-40)41-20-13-10-14-21-41)52(65)59-47(31-39-26-24-36(2)25-27-39)53(66)60-48(54(67)68)33-44-37(3)29-43(62)30-38(44)4/h9-14,18-21,24-27,29-30,34-35,45-48,50,62H,5-8,15-17,22-23,28,31-33,55H2,1-4H3,(H,56,63)(H,58,64)(H,59,65)(H,60,66)(H,67,68)/t45-,46-,47+,48-/m0/s1. The molecule has 5 rings (SSSR count). The van der Waals surface area contributed by atoms with Crippen LogP contribution in [0.2, 0.25) is 0 Å². The fourth-order valence-corrected chi connectivity index (χ4v) is 8.39. The number of hydrogen-bond acceptors (Lipinski definition) is 8. The Labute approximate surface area is 400 Å². The number of amides is 4. The van der Waals surface area contributed by atoms with E-state index in [1.807, 2.05) is 103 Å². The molecule has 4 amide bonds. The lowest BCUT2D eigenvalue weighted by molar-refractivity contribution is -0.142. The number of aliphatic carboxylic acids is 1. The topological polar surface area (TPSA) is 218 Å². The molecule has 4 aromatic carbocycles. The zero-order valence-electron chi connectivity index (χ0n) is 39.9. The van der Waals surface area contributed by atoms with Crippen LogP contribution in [0.1, 0.15) is 115 Å². The Morgan fingerprint density at radius 3 is 1.88 bits per heavy atom. The van der Waals surface area contributed by atoms with Crippen LogP contribution < -0.4 is 27.0 Å². The van der Waals surface area contributed by atoms with E-state index in [-0.39, 0.29) is 43.4 Å². The van der Waals surface area contributed by atoms with Gasteiger partial charge in [-0.25, -0.2) is 9.78 Å². The van der Waals surface area contributed by atoms with Gasteiger partial charge in [0.15, 0.2) is 0 Å². The van der Waals surface area contributed by atoms with E-state index in [4.69, 9.17) is 5.73 Å². The van der Waals surface area contributed by atoms with Crippen molar-refractivity contribution in [1.82, 2.24) is 30.8 Å². The summed E-state index contributed by atoms with van der Waals surface area (Å²) in [5.41, 5.74) is 12.9. The lowest BCUT2D eigenvalue weighted by Gasteiger charge is -2.26. The highest BCUT2D eigenvalue weighted by molar-refractivity contribution is 5.94. The Morgan fingerprint density at radius 1 is 0.676 bits per heavy atom. The Bertz CT molecular complexity index is 2340. The third-order valence-electron chi connectivity index (χ3n) is 12.2. The highest BCUT2D eigenvalue weighted by atomic mass is 16.4. The number of nitrogens with one attached hydrogen (secondary N) is 4. The summed E-state index contributed by atoms with van der Waals surface area (Å²) in [4.78, 5) is 72.2. The Hall–Kier alpha value is -6.80. The number of carbonyl (C=O) groups excluding carboxylic acids is 4. The summed E-state index contributed by atoms with van der Waals surface area (Å²) in [6.07, 6.45) is 10.4. The molecule has 0 aliphatic rings. The molecule has 0 saturated carbocycles. The number of nitrogens with two attached hydrogens (primary N) is 1. The molecule has 5 aromatic rings. The van der Waals surface area contributed by atoms with Crippen molar-refractivity contribution in [3.05, 3.63) is 154 Å². The number of aromatic hydroxyl groups is 1. The summed E-state index contributed by atoms with van der Waals surface area (Å²) in [7, 11) is 0. The van der Waals surface area contributed by atoms with Gasteiger partial charge in [-0.05, 0) is 92.0 Å². The zero-order chi connectivity index (χ0) is 49.0. The fraction of sp³-hybridized carbons (Fsp3) is 0.407. The monoisotopic (exact) mass is 928 g/mol. The predicted molar refractivity (Wildman–Crippen MR) is 264 cm³/mol. The van der Waals surface area contributed by atoms with Crippen molar-refractivity contribution in [2.24, 2.45) is 5.73 Å². The number of benzene rings is 4. The van der Waals surface area contributed by atoms with Gasteiger partial charge in [0, 0.05) is 38.4 Å². The number of aromatic nitrogens is 2. The molecule has 0 spiro atoms. The molecular formula is C54H69N7O7. The second-order valence-corrected chi connectivity index (χ2v) is 17.8. The summed E-state index contributed by atoms with van der Waals surface area (Å²) in [5, 5.41) is 31.7. The van der Waals surface area contributed by atoms with Crippen molar-refractivity contribution in [2.75, 3.05) is 6.54 Å². The Kier molecular flexibility index (Phi) is 20.3. The summed E-state index contributed by atoms with van der Waals surface area (Å²) < 4.78 is 1.98. The predicted octanol–water partition coefficient (Wildman–Crippen LogP) is 6.69. The minimum Gasteiger partial charge on any atom is -0.508 e. The van der Waals surface area contributed by atoms with Crippen molar-refractivity contribution >= 4 is 29.6 Å². The van der Waals surface area contributed by atoms with E-state index in [1.165, 1.54) is 12.1 Å². The number of carbonyl (C=O) groups is 5. The van der Waals surface area contributed by atoms with Gasteiger partial charge in [0.2, 0.25) is 23.6 Å². The molecular weight excluding hydrogens is 859 g/mol. The smallest absolute Gasteiger partial charge is 0.326 e. The highest BCUT2D eigenvalue weighted by Gasteiger charge is 2.31. The van der Waals surface area contributed by atoms with E-state index in [2.05, 4.69) is 33.2 Å². The Morgan fingerprint density at radius 2 is 1.26 bits per heavy atom. The second-order valence-electron chi connectivity index (χ2n) is 17.8. The summed E-state index contributed by atoms with van der Waals surface area (Å²) in [6.45, 7) is 7.98. The number of aryl methyl sites for hydroxylation is 3. The number of carboxylic acid groups (broad SMARTS) is 1. The molecule has 0 radical (unpaired) electrons. The van der Waals surface area contributed by atoms with E-state index >= 15 is 0 Å². The van der Waals surface area contributed by atoms with Crippen LogP contribution >= 0.6 is 0 Å². The maximum Gasteiger partial charge on any atom is 0.326 e. The molecule has 0 unspecified atom stereocenters. The van der Waals surface area contributed by atoms with Gasteiger partial charge in [-0.15, -0.1) is 0 Å². The number of unbranched alkanes of at least 4 members (excludes halogenated alkanes) is 5. The largest absolute Gasteiger partial charge is 0.508 e. The minimum atomic E-state index is -1.36. The third kappa shape index (κ3) is 16.2. The number of carboxylic acids is 1. The second kappa shape index (κ2) is 26.5. The lowest BCUT2D eigenvalue weighted by atomic mass is 9.95. The first-order chi connectivity index (χ1) is 32.7. The van der Waals surface area contributed by atoms with Crippen molar-refractivity contribution in [3.8, 4) is 5.75 Å². The molecule has 14 nitrogen and oxygen atoms in total. The average Bonchev–Trinajstić information content (AvgIpc) is 3.77. The number of nitrogens with zero attached hydrogens (tertiary/aromatic N) is 2. The maximum atomic E-state index is 14.4. The SMILES string of the molecule is CCCCCCCC(=O)NCCCC[C@H](NC(=O)[C@@H](N)Cc1cn(C(c2ccccc2)c2ccccc2)cn1)C(=O)N[C@H](Cc1ccc(C)cc1)C(=O)N[C@@H](Cc1c(C)cc(O)cc1C)C(=O)O. The van der Waals surface area contributed by atoms with Gasteiger partial charge in [0.1, 0.15) is 23.9 Å². The van der Waals surface area contributed by atoms with Crippen LogP contribution in [-0.2, 0) is 43.2 Å². The zero-order valence-corrected chi connectivity index (χ0v) is 39.9. The third-order valence-corrected chi connectivity index (χ3v) is 12.2. The molecule has 0 aliphatic heterocycles. The van der Waals surface area contributed by atoms with Gasteiger partial charge in [-0.2, -0.15) is 0 Å². The lowest BCUT2D eigenvalue weighted by Crippen LogP contribution is -2.58. The van der Waals surface area contributed by atoms with Crippen molar-refractivity contribution in [3.63, 3.8) is 0 Å². The van der Waals surface area contributed by atoms with Gasteiger partial charge >= 0.3 is 5.97 Å². The van der Waals surface area contributed by atoms with E-state index in [1.54, 1.807) is 20.2 Å². The fourth-order valence-electron chi connectivity index (χ4n) is 8.39. The van der Waals surface area contributed by atoms with Gasteiger partial charge in [0.25, 0.3) is 0 Å². The van der Waals surface area contributed by atoms with E-state index in [9.17, 15) is 34.2 Å². The van der Waals surface area contributed by atoms with Crippen molar-refractivity contribution in [1.29, 1.82) is 0 Å². The number of rotatable bonds is 27. The molecule has 8 N–H and O–H groups in total. The molecule has 0 bridgehead atoms. The quantitative estimate of drug-likeness (QED) is 0.0279. The van der Waals surface area contributed by atoms with Gasteiger partial charge in [0.05, 0.1) is 24.1 Å². The molecule has 0 saturated heterocycles. The molecule has 14 heteroatoms. The summed E-state index contributed by atoms with van der Waals surface area (Å²) in [6, 6.07) is 25.5. The normalized spacial score (nSPS) is 13.0. The molecule has 362 valence electrons. The van der Waals surface area contributed by atoms with Gasteiger partial charge < -0.3 is 41.8 Å². The molecule has 0 fully saturated rings. The molecule has 0 aliphatic carbocycles. The van der Waals surface area contributed by atoms with Gasteiger partial charge in [-0.3, -0.25) is 19.2 Å². The Balaban J connectivity index is 1.32. The van der Waals surface area contributed by atoms with Crippen LogP contribution in [-0.4, -0.2) is 80.1 Å². The van der Waals surface area contributed by atoms with Crippen molar-refractivity contribution in [2.45, 2.75) is 135 Å². The number of imidazole rings is 1. The molecule has 68 heavy (non-hydrogen) atoms. The molecule has 4 atom stereocenters. The van der Waals surface area contributed by atoms with Crippen LogP contribution in [0.15, 0.2) is 110 Å². The summed E-state index contributed by atoms with van der Waals surface area (Å²) in [5.74, 6) is -3.22. The van der Waals surface area contributed by atoms with E-state index in [0.29, 0.717) is 48.2 Å². The van der Waals surface area contributed by atoms with Gasteiger partial charge in [-0.1, -0.05) is 123 Å². The summed E-state index contributed by atoms with van der Waals surface area (Å²) >= 11 is 0. The molecule has 1 aromatic heterocycles. The van der Waals surface area contributed by atoms with Crippen LogP contribution in [0.25, 0.3) is 0 Å². The van der Waals surface area contributed by atoms with Crippen LogP contribution in [0.3, 0.4) is 0 Å². The minimum absolute atomic E-state index is 0.0295. The highest BCUT2D eigenvalue weighted by Crippen LogP contribution is 2.27. The number of phenols is 1.